The number of rotatable bonds is 7. The van der Waals surface area contributed by atoms with Crippen molar-refractivity contribution < 1.29 is 9.90 Å². The van der Waals surface area contributed by atoms with E-state index in [0.717, 1.165) is 32.1 Å². The van der Waals surface area contributed by atoms with Gasteiger partial charge in [-0.1, -0.05) is 12.1 Å². The lowest BCUT2D eigenvalue weighted by atomic mass is 9.80. The molecule has 0 unspecified atom stereocenters. The zero-order valence-electron chi connectivity index (χ0n) is 13.6. The van der Waals surface area contributed by atoms with Crippen molar-refractivity contribution in [2.45, 2.75) is 37.7 Å². The van der Waals surface area contributed by atoms with Crippen molar-refractivity contribution in [2.24, 2.45) is 0 Å². The van der Waals surface area contributed by atoms with Crippen LogP contribution in [0.5, 0.6) is 0 Å². The van der Waals surface area contributed by atoms with Crippen molar-refractivity contribution in [2.75, 3.05) is 32.1 Å². The van der Waals surface area contributed by atoms with Crippen LogP contribution in [-0.2, 0) is 6.42 Å². The molecule has 1 aromatic carbocycles. The van der Waals surface area contributed by atoms with Gasteiger partial charge in [0.05, 0.1) is 5.60 Å². The van der Waals surface area contributed by atoms with E-state index in [2.05, 4.69) is 39.8 Å². The summed E-state index contributed by atoms with van der Waals surface area (Å²) in [5, 5.41) is 15.5. The first-order valence-electron chi connectivity index (χ1n) is 7.99. The second kappa shape index (κ2) is 7.49. The van der Waals surface area contributed by atoms with Crippen molar-refractivity contribution in [3.63, 3.8) is 0 Å². The normalized spacial score (nSPS) is 15.8. The summed E-state index contributed by atoms with van der Waals surface area (Å²) in [6, 6.07) is 8.27. The van der Waals surface area contributed by atoms with E-state index in [9.17, 15) is 9.90 Å². The molecule has 2 rings (SSSR count). The molecule has 0 aromatic heterocycles. The number of anilines is 1. The van der Waals surface area contributed by atoms with E-state index >= 15 is 0 Å². The predicted molar refractivity (Wildman–Crippen MR) is 89.3 cm³/mol. The summed E-state index contributed by atoms with van der Waals surface area (Å²) in [5.41, 5.74) is 1.80. The average molecular weight is 305 g/mol. The summed E-state index contributed by atoms with van der Waals surface area (Å²) < 4.78 is 0. The van der Waals surface area contributed by atoms with E-state index in [-0.39, 0.29) is 6.03 Å². The number of urea groups is 1. The Hall–Kier alpha value is -1.75. The number of hydrogen-bond donors (Lipinski definition) is 3. The molecule has 0 atom stereocenters. The summed E-state index contributed by atoms with van der Waals surface area (Å²) in [6.45, 7) is 0.991. The highest BCUT2D eigenvalue weighted by Crippen LogP contribution is 2.30. The summed E-state index contributed by atoms with van der Waals surface area (Å²) in [6.07, 6.45) is 4.47. The SMILES string of the molecule is CN(C)c1ccc(CCCNC(=O)NCC2(O)CCC2)cc1. The van der Waals surface area contributed by atoms with E-state index in [4.69, 9.17) is 0 Å². The van der Waals surface area contributed by atoms with Gasteiger partial charge in [-0.2, -0.15) is 0 Å². The first-order chi connectivity index (χ1) is 10.5. The van der Waals surface area contributed by atoms with Crippen molar-refractivity contribution in [1.29, 1.82) is 0 Å². The Morgan fingerprint density at radius 2 is 1.91 bits per heavy atom. The van der Waals surface area contributed by atoms with Crippen LogP contribution >= 0.6 is 0 Å². The highest BCUT2D eigenvalue weighted by molar-refractivity contribution is 5.73. The number of amides is 2. The van der Waals surface area contributed by atoms with Crippen molar-refractivity contribution in [3.05, 3.63) is 29.8 Å². The van der Waals surface area contributed by atoms with Gasteiger partial charge in [0.25, 0.3) is 0 Å². The van der Waals surface area contributed by atoms with Crippen LogP contribution in [0.1, 0.15) is 31.2 Å². The number of nitrogens with one attached hydrogen (secondary N) is 2. The molecule has 0 heterocycles. The van der Waals surface area contributed by atoms with Crippen LogP contribution in [0.4, 0.5) is 10.5 Å². The minimum absolute atomic E-state index is 0.191. The summed E-state index contributed by atoms with van der Waals surface area (Å²) >= 11 is 0. The molecule has 22 heavy (non-hydrogen) atoms. The number of carbonyl (C=O) groups excluding carboxylic acids is 1. The third-order valence-electron chi connectivity index (χ3n) is 4.24. The molecule has 2 amide bonds. The largest absolute Gasteiger partial charge is 0.388 e. The predicted octanol–water partition coefficient (Wildman–Crippen LogP) is 1.90. The number of carbonyl (C=O) groups is 1. The average Bonchev–Trinajstić information content (AvgIpc) is 2.48. The molecule has 122 valence electrons. The lowest BCUT2D eigenvalue weighted by molar-refractivity contribution is -0.0290. The molecule has 1 saturated carbocycles. The molecule has 0 bridgehead atoms. The highest BCUT2D eigenvalue weighted by atomic mass is 16.3. The molecule has 5 heteroatoms. The summed E-state index contributed by atoms with van der Waals surface area (Å²) in [7, 11) is 4.05. The lowest BCUT2D eigenvalue weighted by Crippen LogP contribution is -2.50. The molecule has 0 radical (unpaired) electrons. The number of nitrogens with zero attached hydrogens (tertiary/aromatic N) is 1. The summed E-state index contributed by atoms with van der Waals surface area (Å²) in [4.78, 5) is 13.7. The molecule has 3 N–H and O–H groups in total. The monoisotopic (exact) mass is 305 g/mol. The molecule has 1 aromatic rings. The zero-order chi connectivity index (χ0) is 16.0. The molecule has 1 fully saturated rings. The first kappa shape index (κ1) is 16.6. The third-order valence-corrected chi connectivity index (χ3v) is 4.24. The van der Waals surface area contributed by atoms with Crippen LogP contribution in [0.2, 0.25) is 0 Å². The van der Waals surface area contributed by atoms with Crippen LogP contribution in [0, 0.1) is 0 Å². The fourth-order valence-corrected chi connectivity index (χ4v) is 2.52. The molecular formula is C17H27N3O2. The van der Waals surface area contributed by atoms with Crippen LogP contribution < -0.4 is 15.5 Å². The van der Waals surface area contributed by atoms with Crippen molar-refractivity contribution in [1.82, 2.24) is 10.6 Å². The van der Waals surface area contributed by atoms with E-state index in [0.29, 0.717) is 13.1 Å². The Kier molecular flexibility index (Phi) is 5.66. The van der Waals surface area contributed by atoms with Gasteiger partial charge in [0, 0.05) is 32.9 Å². The van der Waals surface area contributed by atoms with Gasteiger partial charge < -0.3 is 20.6 Å². The highest BCUT2D eigenvalue weighted by Gasteiger charge is 2.34. The van der Waals surface area contributed by atoms with Crippen molar-refractivity contribution in [3.8, 4) is 0 Å². The number of benzene rings is 1. The Balaban J connectivity index is 1.59. The maximum Gasteiger partial charge on any atom is 0.314 e. The Labute approximate surface area is 132 Å². The minimum Gasteiger partial charge on any atom is -0.388 e. The second-order valence-electron chi connectivity index (χ2n) is 6.35. The van der Waals surface area contributed by atoms with Gasteiger partial charge >= 0.3 is 6.03 Å². The molecule has 1 aliphatic rings. The quantitative estimate of drug-likeness (QED) is 0.674. The van der Waals surface area contributed by atoms with Crippen LogP contribution in [0.25, 0.3) is 0 Å². The maximum absolute atomic E-state index is 11.6. The minimum atomic E-state index is -0.661. The van der Waals surface area contributed by atoms with E-state index in [1.807, 2.05) is 14.1 Å². The Bertz CT molecular complexity index is 481. The van der Waals surface area contributed by atoms with Crippen molar-refractivity contribution >= 4 is 11.7 Å². The molecular weight excluding hydrogens is 278 g/mol. The maximum atomic E-state index is 11.6. The molecule has 0 aliphatic heterocycles. The van der Waals surface area contributed by atoms with Gasteiger partial charge in [-0.15, -0.1) is 0 Å². The third kappa shape index (κ3) is 4.91. The van der Waals surface area contributed by atoms with E-state index in [1.54, 1.807) is 0 Å². The number of aliphatic hydroxyl groups is 1. The number of hydrogen-bond acceptors (Lipinski definition) is 3. The van der Waals surface area contributed by atoms with Gasteiger partial charge in [0.15, 0.2) is 0 Å². The van der Waals surface area contributed by atoms with Crippen LogP contribution in [-0.4, -0.2) is 43.9 Å². The summed E-state index contributed by atoms with van der Waals surface area (Å²) in [5.74, 6) is 0. The Morgan fingerprint density at radius 3 is 2.45 bits per heavy atom. The van der Waals surface area contributed by atoms with Gasteiger partial charge in [-0.05, 0) is 49.8 Å². The topological polar surface area (TPSA) is 64.6 Å². The lowest BCUT2D eigenvalue weighted by Gasteiger charge is -2.36. The van der Waals surface area contributed by atoms with E-state index in [1.165, 1.54) is 11.3 Å². The molecule has 1 aliphatic carbocycles. The second-order valence-corrected chi connectivity index (χ2v) is 6.35. The molecule has 0 spiro atoms. The fourth-order valence-electron chi connectivity index (χ4n) is 2.52. The fraction of sp³-hybridized carbons (Fsp3) is 0.588. The number of aryl methyl sites for hydroxylation is 1. The Morgan fingerprint density at radius 1 is 1.23 bits per heavy atom. The first-order valence-corrected chi connectivity index (χ1v) is 7.99. The van der Waals surface area contributed by atoms with Gasteiger partial charge in [0.2, 0.25) is 0 Å². The van der Waals surface area contributed by atoms with Gasteiger partial charge in [-0.25, -0.2) is 4.79 Å². The van der Waals surface area contributed by atoms with Gasteiger partial charge in [0.1, 0.15) is 0 Å². The molecule has 0 saturated heterocycles. The zero-order valence-corrected chi connectivity index (χ0v) is 13.6. The van der Waals surface area contributed by atoms with Crippen LogP contribution in [0.3, 0.4) is 0 Å². The smallest absolute Gasteiger partial charge is 0.314 e. The van der Waals surface area contributed by atoms with Crippen LogP contribution in [0.15, 0.2) is 24.3 Å². The standard InChI is InChI=1S/C17H27N3O2/c1-20(2)15-8-6-14(7-9-15)5-3-12-18-16(21)19-13-17(22)10-4-11-17/h6-9,22H,3-5,10-13H2,1-2H3,(H2,18,19,21). The van der Waals surface area contributed by atoms with Gasteiger partial charge in [-0.3, -0.25) is 0 Å². The molecule has 5 nitrogen and oxygen atoms in total. The van der Waals surface area contributed by atoms with E-state index < -0.39 is 5.60 Å².